The van der Waals surface area contributed by atoms with Crippen molar-refractivity contribution in [2.75, 3.05) is 0 Å². The Kier molecular flexibility index (Phi) is 5.06. The zero-order valence-corrected chi connectivity index (χ0v) is 13.7. The summed E-state index contributed by atoms with van der Waals surface area (Å²) in [5.74, 6) is 0.443. The second-order valence-electron chi connectivity index (χ2n) is 4.68. The van der Waals surface area contributed by atoms with Crippen LogP contribution in [0.5, 0.6) is 5.75 Å². The van der Waals surface area contributed by atoms with Crippen molar-refractivity contribution in [2.45, 2.75) is 25.8 Å². The van der Waals surface area contributed by atoms with Crippen molar-refractivity contribution >= 4 is 27.5 Å². The summed E-state index contributed by atoms with van der Waals surface area (Å²) in [4.78, 5) is 0. The Labute approximate surface area is 131 Å². The lowest BCUT2D eigenvalue weighted by Gasteiger charge is -2.14. The SMILES string of the molecule is Cc1cc(CBr)cc(C)c1OCc1c(F)cccc1Cl. The van der Waals surface area contributed by atoms with Crippen LogP contribution in [0.15, 0.2) is 30.3 Å². The molecule has 0 N–H and O–H groups in total. The van der Waals surface area contributed by atoms with Gasteiger partial charge in [0.05, 0.1) is 5.02 Å². The number of benzene rings is 2. The minimum Gasteiger partial charge on any atom is -0.488 e. The highest BCUT2D eigenvalue weighted by Gasteiger charge is 2.11. The first-order valence-electron chi connectivity index (χ1n) is 6.24. The fourth-order valence-electron chi connectivity index (χ4n) is 2.16. The van der Waals surface area contributed by atoms with Crippen molar-refractivity contribution in [3.05, 3.63) is 63.4 Å². The van der Waals surface area contributed by atoms with Crippen molar-refractivity contribution in [1.82, 2.24) is 0 Å². The summed E-state index contributed by atoms with van der Waals surface area (Å²) in [5.41, 5.74) is 3.65. The molecule has 20 heavy (non-hydrogen) atoms. The van der Waals surface area contributed by atoms with Gasteiger partial charge in [-0.15, -0.1) is 0 Å². The molecule has 0 saturated heterocycles. The van der Waals surface area contributed by atoms with Gasteiger partial charge < -0.3 is 4.74 Å². The van der Waals surface area contributed by atoms with Crippen LogP contribution in [0.1, 0.15) is 22.3 Å². The molecule has 0 unspecified atom stereocenters. The van der Waals surface area contributed by atoms with Gasteiger partial charge in [0.1, 0.15) is 18.2 Å². The van der Waals surface area contributed by atoms with Gasteiger partial charge in [-0.25, -0.2) is 4.39 Å². The van der Waals surface area contributed by atoms with Crippen molar-refractivity contribution in [3.8, 4) is 5.75 Å². The number of hydrogen-bond acceptors (Lipinski definition) is 1. The quantitative estimate of drug-likeness (QED) is 0.650. The highest BCUT2D eigenvalue weighted by molar-refractivity contribution is 9.08. The van der Waals surface area contributed by atoms with Crippen molar-refractivity contribution in [1.29, 1.82) is 0 Å². The van der Waals surface area contributed by atoms with E-state index < -0.39 is 0 Å². The maximum absolute atomic E-state index is 13.7. The van der Waals surface area contributed by atoms with Crippen LogP contribution in [-0.4, -0.2) is 0 Å². The summed E-state index contributed by atoms with van der Waals surface area (Å²) in [6.45, 7) is 4.09. The molecule has 0 atom stereocenters. The molecule has 2 aromatic rings. The van der Waals surface area contributed by atoms with Crippen LogP contribution in [0.2, 0.25) is 5.02 Å². The first-order chi connectivity index (χ1) is 9.52. The van der Waals surface area contributed by atoms with Crippen molar-refractivity contribution < 1.29 is 9.13 Å². The average Bonchev–Trinajstić information content (AvgIpc) is 2.40. The summed E-state index contributed by atoms with van der Waals surface area (Å²) < 4.78 is 19.5. The molecule has 0 fully saturated rings. The third kappa shape index (κ3) is 3.33. The number of hydrogen-bond donors (Lipinski definition) is 0. The van der Waals surface area contributed by atoms with E-state index in [1.807, 2.05) is 13.8 Å². The third-order valence-electron chi connectivity index (χ3n) is 3.10. The molecule has 0 radical (unpaired) electrons. The van der Waals surface area contributed by atoms with E-state index in [4.69, 9.17) is 16.3 Å². The van der Waals surface area contributed by atoms with Crippen LogP contribution in [0.4, 0.5) is 4.39 Å². The summed E-state index contributed by atoms with van der Waals surface area (Å²) in [7, 11) is 0. The van der Waals surface area contributed by atoms with Crippen LogP contribution in [-0.2, 0) is 11.9 Å². The number of ether oxygens (including phenoxy) is 1. The Bertz CT molecular complexity index is 585. The second-order valence-corrected chi connectivity index (χ2v) is 5.65. The standard InChI is InChI=1S/C16H15BrClFO/c1-10-6-12(8-17)7-11(2)16(10)20-9-13-14(18)4-3-5-15(13)19/h3-7H,8-9H2,1-2H3. The molecule has 2 aromatic carbocycles. The summed E-state index contributed by atoms with van der Waals surface area (Å²) in [6, 6.07) is 8.75. The highest BCUT2D eigenvalue weighted by atomic mass is 79.9. The van der Waals surface area contributed by atoms with Gasteiger partial charge in [0, 0.05) is 10.9 Å². The van der Waals surface area contributed by atoms with E-state index in [0.717, 1.165) is 22.2 Å². The fourth-order valence-corrected chi connectivity index (χ4v) is 2.70. The van der Waals surface area contributed by atoms with Gasteiger partial charge in [0.25, 0.3) is 0 Å². The van der Waals surface area contributed by atoms with Gasteiger partial charge in [-0.1, -0.05) is 45.7 Å². The molecule has 1 nitrogen and oxygen atoms in total. The Morgan fingerprint density at radius 3 is 2.40 bits per heavy atom. The molecule has 106 valence electrons. The Morgan fingerprint density at radius 2 is 1.85 bits per heavy atom. The predicted octanol–water partition coefficient (Wildman–Crippen LogP) is 5.57. The largest absolute Gasteiger partial charge is 0.488 e. The van der Waals surface area contributed by atoms with Crippen LogP contribution >= 0.6 is 27.5 Å². The fraction of sp³-hybridized carbons (Fsp3) is 0.250. The molecular weight excluding hydrogens is 343 g/mol. The minimum absolute atomic E-state index is 0.126. The Balaban J connectivity index is 2.23. The summed E-state index contributed by atoms with van der Waals surface area (Å²) >= 11 is 9.43. The van der Waals surface area contributed by atoms with E-state index in [1.165, 1.54) is 11.6 Å². The van der Waals surface area contributed by atoms with Gasteiger partial charge in [-0.05, 0) is 42.7 Å². The minimum atomic E-state index is -0.343. The lowest BCUT2D eigenvalue weighted by molar-refractivity contribution is 0.296. The molecule has 0 aliphatic heterocycles. The first-order valence-corrected chi connectivity index (χ1v) is 7.74. The van der Waals surface area contributed by atoms with Gasteiger partial charge in [-0.3, -0.25) is 0 Å². The van der Waals surface area contributed by atoms with Gasteiger partial charge >= 0.3 is 0 Å². The van der Waals surface area contributed by atoms with E-state index in [-0.39, 0.29) is 12.4 Å². The zero-order chi connectivity index (χ0) is 14.7. The smallest absolute Gasteiger partial charge is 0.131 e. The molecule has 0 bridgehead atoms. The summed E-state index contributed by atoms with van der Waals surface area (Å²) in [5, 5.41) is 1.19. The molecule has 0 aliphatic rings. The van der Waals surface area contributed by atoms with Crippen LogP contribution in [0.25, 0.3) is 0 Å². The van der Waals surface area contributed by atoms with Crippen LogP contribution < -0.4 is 4.74 Å². The molecule has 0 aliphatic carbocycles. The zero-order valence-electron chi connectivity index (χ0n) is 11.3. The number of rotatable bonds is 4. The Hall–Kier alpha value is -1.06. The van der Waals surface area contributed by atoms with E-state index in [2.05, 4.69) is 28.1 Å². The van der Waals surface area contributed by atoms with Gasteiger partial charge in [-0.2, -0.15) is 0 Å². The third-order valence-corrected chi connectivity index (χ3v) is 4.10. The molecule has 0 aromatic heterocycles. The lowest BCUT2D eigenvalue weighted by atomic mass is 10.1. The molecule has 2 rings (SSSR count). The monoisotopic (exact) mass is 356 g/mol. The van der Waals surface area contributed by atoms with E-state index >= 15 is 0 Å². The molecule has 4 heteroatoms. The second kappa shape index (κ2) is 6.59. The molecule has 0 spiro atoms. The first kappa shape index (κ1) is 15.3. The Morgan fingerprint density at radius 1 is 1.20 bits per heavy atom. The average molecular weight is 358 g/mol. The molecule has 0 amide bonds. The van der Waals surface area contributed by atoms with Crippen molar-refractivity contribution in [2.24, 2.45) is 0 Å². The highest BCUT2D eigenvalue weighted by Crippen LogP contribution is 2.28. The number of aryl methyl sites for hydroxylation is 2. The van der Waals surface area contributed by atoms with E-state index in [1.54, 1.807) is 12.1 Å². The lowest BCUT2D eigenvalue weighted by Crippen LogP contribution is -2.02. The predicted molar refractivity (Wildman–Crippen MR) is 84.3 cm³/mol. The molecule has 0 heterocycles. The number of alkyl halides is 1. The van der Waals surface area contributed by atoms with E-state index in [9.17, 15) is 4.39 Å². The van der Waals surface area contributed by atoms with Gasteiger partial charge in [0.2, 0.25) is 0 Å². The van der Waals surface area contributed by atoms with Gasteiger partial charge in [0.15, 0.2) is 0 Å². The maximum Gasteiger partial charge on any atom is 0.131 e. The normalized spacial score (nSPS) is 10.7. The molecule has 0 saturated carbocycles. The van der Waals surface area contributed by atoms with Crippen LogP contribution in [0, 0.1) is 19.7 Å². The maximum atomic E-state index is 13.7. The van der Waals surface area contributed by atoms with Crippen molar-refractivity contribution in [3.63, 3.8) is 0 Å². The molecular formula is C16H15BrClFO. The van der Waals surface area contributed by atoms with E-state index in [0.29, 0.717) is 10.6 Å². The number of halogens is 3. The van der Waals surface area contributed by atoms with Crippen LogP contribution in [0.3, 0.4) is 0 Å². The summed E-state index contributed by atoms with van der Waals surface area (Å²) in [6.07, 6.45) is 0. The topological polar surface area (TPSA) is 9.23 Å².